The van der Waals surface area contributed by atoms with Crippen LogP contribution in [0.4, 0.5) is 10.1 Å². The lowest BCUT2D eigenvalue weighted by Gasteiger charge is -1.95. The molecule has 0 amide bonds. The molecule has 1 rings (SSSR count). The number of hydrogen-bond acceptors (Lipinski definition) is 2. The molecule has 0 spiro atoms. The summed E-state index contributed by atoms with van der Waals surface area (Å²) in [5, 5.41) is 0. The van der Waals surface area contributed by atoms with Gasteiger partial charge in [0, 0.05) is 4.11 Å². The lowest BCUT2D eigenvalue weighted by molar-refractivity contribution is 0.583. The van der Waals surface area contributed by atoms with Crippen molar-refractivity contribution in [2.45, 2.75) is 6.85 Å². The maximum atomic E-state index is 12.8. The second kappa shape index (κ2) is 2.01. The smallest absolute Gasteiger partial charge is 0.213 e. The number of halogens is 1. The van der Waals surface area contributed by atoms with Crippen LogP contribution in [0, 0.1) is 12.8 Å². The van der Waals surface area contributed by atoms with Gasteiger partial charge >= 0.3 is 0 Å². The first-order valence-corrected chi connectivity index (χ1v) is 2.17. The minimum atomic E-state index is -2.71. The topological polar surface area (TPSA) is 38.9 Å². The van der Waals surface area contributed by atoms with Crippen molar-refractivity contribution in [1.29, 1.82) is 0 Å². The van der Waals surface area contributed by atoms with Crippen molar-refractivity contribution in [1.82, 2.24) is 4.98 Å². The molecule has 0 radical (unpaired) electrons. The number of nitrogen functional groups attached to an aromatic ring is 1. The van der Waals surface area contributed by atoms with Crippen LogP contribution in [0.3, 0.4) is 0 Å². The molecule has 0 saturated carbocycles. The van der Waals surface area contributed by atoms with Crippen LogP contribution in [0.2, 0.25) is 0 Å². The van der Waals surface area contributed by atoms with Crippen LogP contribution in [0.1, 0.15) is 12.4 Å². The maximum absolute atomic E-state index is 12.8. The van der Waals surface area contributed by atoms with E-state index in [2.05, 4.69) is 4.98 Å². The molecule has 0 saturated heterocycles. The van der Waals surface area contributed by atoms with Crippen molar-refractivity contribution in [3.63, 3.8) is 0 Å². The third kappa shape index (κ3) is 1.16. The molecule has 0 aliphatic heterocycles. The molecular formula is C6H7FN2. The molecule has 0 aliphatic carbocycles. The van der Waals surface area contributed by atoms with Gasteiger partial charge in [0.05, 0.1) is 14.6 Å². The molecular weight excluding hydrogens is 119 g/mol. The van der Waals surface area contributed by atoms with Crippen LogP contribution in [0.25, 0.3) is 0 Å². The van der Waals surface area contributed by atoms with Crippen molar-refractivity contribution < 1.29 is 11.2 Å². The Morgan fingerprint density at radius 3 is 3.44 bits per heavy atom. The molecule has 0 fully saturated rings. The van der Waals surface area contributed by atoms with Crippen LogP contribution in [-0.2, 0) is 0 Å². The summed E-state index contributed by atoms with van der Waals surface area (Å²) in [4.78, 5) is 2.98. The Morgan fingerprint density at radius 1 is 2.00 bits per heavy atom. The highest BCUT2D eigenvalue weighted by Gasteiger charge is 1.93. The fraction of sp³-hybridized carbons (Fsp3) is 0.167. The van der Waals surface area contributed by atoms with Gasteiger partial charge in [-0.05, 0) is 18.5 Å². The highest BCUT2D eigenvalue weighted by molar-refractivity contribution is 5.42. The third-order valence-corrected chi connectivity index (χ3v) is 0.772. The average Bonchev–Trinajstić information content (AvgIpc) is 1.98. The van der Waals surface area contributed by atoms with Gasteiger partial charge in [-0.2, -0.15) is 4.39 Å². The lowest BCUT2D eigenvalue weighted by atomic mass is 10.3. The summed E-state index contributed by atoms with van der Waals surface area (Å²) in [5.74, 6) is -1.30. The number of nitrogens with two attached hydrogens (primary N) is 1. The Bertz CT molecular complexity index is 349. The van der Waals surface area contributed by atoms with Crippen LogP contribution >= 0.6 is 0 Å². The first kappa shape index (κ1) is 2.25. The molecule has 9 heavy (non-hydrogen) atoms. The fourth-order valence-corrected chi connectivity index (χ4v) is 0.364. The molecule has 2 N–H and O–H groups in total. The lowest BCUT2D eigenvalue weighted by Crippen LogP contribution is -1.92. The normalized spacial score (nSPS) is 19.0. The van der Waals surface area contributed by atoms with Gasteiger partial charge in [0.2, 0.25) is 5.95 Å². The van der Waals surface area contributed by atoms with Gasteiger partial charge in [0.15, 0.2) is 0 Å². The van der Waals surface area contributed by atoms with Crippen LogP contribution in [0.5, 0.6) is 0 Å². The average molecular weight is 131 g/mol. The second-order valence-electron chi connectivity index (χ2n) is 1.43. The van der Waals surface area contributed by atoms with E-state index in [1.54, 1.807) is 0 Å². The summed E-state index contributed by atoms with van der Waals surface area (Å²) >= 11 is 0. The molecule has 3 heteroatoms. The van der Waals surface area contributed by atoms with Crippen LogP contribution < -0.4 is 5.73 Å². The first-order chi connectivity index (χ1) is 6.25. The molecule has 2 nitrogen and oxygen atoms in total. The number of rotatable bonds is 0. The molecule has 1 aromatic rings. The summed E-state index contributed by atoms with van der Waals surface area (Å²) < 4.78 is 48.0. The number of pyridine rings is 1. The first-order valence-electron chi connectivity index (χ1n) is 4.67. The summed E-state index contributed by atoms with van der Waals surface area (Å²) in [6.45, 7) is -2.71. The van der Waals surface area contributed by atoms with E-state index in [1.165, 1.54) is 0 Å². The Kier molecular flexibility index (Phi) is 0.502. The van der Waals surface area contributed by atoms with E-state index in [-0.39, 0.29) is 0 Å². The summed E-state index contributed by atoms with van der Waals surface area (Å²) in [6, 6.07) is -0.876. The molecule has 0 aliphatic rings. The van der Waals surface area contributed by atoms with Gasteiger partial charge in [0.1, 0.15) is 0 Å². The van der Waals surface area contributed by atoms with E-state index in [0.29, 0.717) is 0 Å². The van der Waals surface area contributed by atoms with Gasteiger partial charge in [-0.25, -0.2) is 4.98 Å². The fourth-order valence-electron chi connectivity index (χ4n) is 0.364. The van der Waals surface area contributed by atoms with E-state index >= 15 is 0 Å². The van der Waals surface area contributed by atoms with E-state index in [4.69, 9.17) is 12.6 Å². The predicted molar refractivity (Wildman–Crippen MR) is 33.3 cm³/mol. The van der Waals surface area contributed by atoms with Crippen molar-refractivity contribution in [2.24, 2.45) is 0 Å². The molecule has 0 aromatic carbocycles. The largest absolute Gasteiger partial charge is 0.397 e. The maximum Gasteiger partial charge on any atom is 0.213 e. The van der Waals surface area contributed by atoms with Crippen LogP contribution in [-0.4, -0.2) is 4.98 Å². The van der Waals surface area contributed by atoms with E-state index < -0.39 is 36.3 Å². The van der Waals surface area contributed by atoms with E-state index in [9.17, 15) is 4.39 Å². The Balaban J connectivity index is 3.56. The van der Waals surface area contributed by atoms with Gasteiger partial charge in [-0.3, -0.25) is 0 Å². The van der Waals surface area contributed by atoms with Gasteiger partial charge in [0.25, 0.3) is 0 Å². The Labute approximate surface area is 59.5 Å². The highest BCUT2D eigenvalue weighted by atomic mass is 19.1. The minimum absolute atomic E-state index is 0.476. The Hall–Kier alpha value is -1.12. The molecule has 0 atom stereocenters. The second-order valence-corrected chi connectivity index (χ2v) is 1.43. The summed E-state index contributed by atoms with van der Waals surface area (Å²) in [7, 11) is 0. The van der Waals surface area contributed by atoms with Crippen molar-refractivity contribution in [3.05, 3.63) is 23.7 Å². The zero-order chi connectivity index (χ0) is 11.1. The minimum Gasteiger partial charge on any atom is -0.397 e. The zero-order valence-electron chi connectivity index (χ0n) is 9.40. The quantitative estimate of drug-likeness (QED) is 0.536. The van der Waals surface area contributed by atoms with Crippen molar-refractivity contribution >= 4 is 5.69 Å². The van der Waals surface area contributed by atoms with Gasteiger partial charge in [-0.15, -0.1) is 0 Å². The van der Waals surface area contributed by atoms with E-state index in [0.717, 1.165) is 0 Å². The summed E-state index contributed by atoms with van der Waals surface area (Å²) in [5.41, 5.74) is 4.11. The van der Waals surface area contributed by atoms with Gasteiger partial charge in [-0.1, -0.05) is 0 Å². The standard InChI is InChI=1S/C6H7FN2/c1-4-2-6(7)9-3-5(4)8/h2-3H,8H2,1H3/i1D3,2D,3D. The molecule has 1 aromatic heterocycles. The number of aromatic nitrogens is 1. The van der Waals surface area contributed by atoms with Crippen molar-refractivity contribution in [3.8, 4) is 0 Å². The third-order valence-electron chi connectivity index (χ3n) is 0.772. The number of hydrogen-bond donors (Lipinski definition) is 1. The number of nitrogens with zero attached hydrogens (tertiary/aromatic N) is 1. The molecule has 0 unspecified atom stereocenters. The Morgan fingerprint density at radius 2 is 2.78 bits per heavy atom. The molecule has 1 heterocycles. The zero-order valence-corrected chi connectivity index (χ0v) is 4.40. The van der Waals surface area contributed by atoms with Crippen molar-refractivity contribution in [2.75, 3.05) is 5.73 Å². The molecule has 48 valence electrons. The SMILES string of the molecule is [2H]c1nc(F)c([2H])c(C([2H])([2H])[2H])c1N. The van der Waals surface area contributed by atoms with Crippen LogP contribution in [0.15, 0.2) is 12.2 Å². The van der Waals surface area contributed by atoms with Gasteiger partial charge < -0.3 is 5.73 Å². The molecule has 0 bridgehead atoms. The predicted octanol–water partition coefficient (Wildman–Crippen LogP) is 1.11. The highest BCUT2D eigenvalue weighted by Crippen LogP contribution is 2.07. The number of anilines is 1. The van der Waals surface area contributed by atoms with E-state index in [1.807, 2.05) is 0 Å². The monoisotopic (exact) mass is 131 g/mol. The summed E-state index contributed by atoms with van der Waals surface area (Å²) in [6.07, 6.45) is -0.662.